The van der Waals surface area contributed by atoms with Crippen LogP contribution in [0.1, 0.15) is 11.3 Å². The summed E-state index contributed by atoms with van der Waals surface area (Å²) in [6.45, 7) is 1.05. The van der Waals surface area contributed by atoms with E-state index in [0.717, 1.165) is 5.69 Å². The lowest BCUT2D eigenvalue weighted by atomic mass is 10.2. The minimum atomic E-state index is -0.249. The summed E-state index contributed by atoms with van der Waals surface area (Å²) < 4.78 is 13.3. The van der Waals surface area contributed by atoms with Gasteiger partial charge in [-0.15, -0.1) is 0 Å². The molecule has 0 aliphatic carbocycles. The Morgan fingerprint density at radius 1 is 1.31 bits per heavy atom. The summed E-state index contributed by atoms with van der Waals surface area (Å²) in [5, 5.41) is 10.3. The molecule has 0 atom stereocenters. The molecule has 2 rings (SSSR count). The van der Waals surface area contributed by atoms with Gasteiger partial charge in [-0.2, -0.15) is 5.10 Å². The van der Waals surface area contributed by atoms with Gasteiger partial charge in [0.15, 0.2) is 0 Å². The highest BCUT2D eigenvalue weighted by atomic mass is 35.5. The maximum absolute atomic E-state index is 13.3. The molecule has 0 amide bonds. The molecule has 5 heteroatoms. The fraction of sp³-hybridized carbons (Fsp3) is 0.182. The molecule has 0 saturated heterocycles. The van der Waals surface area contributed by atoms with Gasteiger partial charge in [0.05, 0.1) is 0 Å². The quantitative estimate of drug-likeness (QED) is 0.861. The van der Waals surface area contributed by atoms with Crippen LogP contribution in [-0.4, -0.2) is 10.2 Å². The van der Waals surface area contributed by atoms with Crippen LogP contribution in [0.3, 0.4) is 0 Å². The van der Waals surface area contributed by atoms with E-state index in [2.05, 4.69) is 15.5 Å². The first-order valence-electron chi connectivity index (χ1n) is 4.88. The zero-order chi connectivity index (χ0) is 11.4. The zero-order valence-electron chi connectivity index (χ0n) is 8.50. The summed E-state index contributed by atoms with van der Waals surface area (Å²) >= 11 is 5.78. The molecular weight excluding hydrogens is 229 g/mol. The van der Waals surface area contributed by atoms with Crippen LogP contribution in [0, 0.1) is 5.82 Å². The summed E-state index contributed by atoms with van der Waals surface area (Å²) in [6.07, 6.45) is 1.68. The van der Waals surface area contributed by atoms with E-state index in [9.17, 15) is 4.39 Å². The highest BCUT2D eigenvalue weighted by Gasteiger charge is 2.02. The number of H-pyrrole nitrogens is 1. The summed E-state index contributed by atoms with van der Waals surface area (Å²) in [6, 6.07) is 6.39. The van der Waals surface area contributed by atoms with Crippen molar-refractivity contribution >= 4 is 11.6 Å². The predicted octanol–water partition coefficient (Wildman–Crippen LogP) is 2.49. The van der Waals surface area contributed by atoms with E-state index in [4.69, 9.17) is 11.6 Å². The Morgan fingerprint density at radius 3 is 2.94 bits per heavy atom. The summed E-state index contributed by atoms with van der Waals surface area (Å²) in [4.78, 5) is 0. The molecule has 2 aromatic rings. The summed E-state index contributed by atoms with van der Waals surface area (Å²) in [7, 11) is 0. The second kappa shape index (κ2) is 5.09. The Bertz CT molecular complexity index is 456. The van der Waals surface area contributed by atoms with Crippen molar-refractivity contribution in [3.8, 4) is 0 Å². The largest absolute Gasteiger partial charge is 0.307 e. The molecule has 1 aromatic carbocycles. The molecule has 84 valence electrons. The van der Waals surface area contributed by atoms with Crippen LogP contribution in [0.5, 0.6) is 0 Å². The third kappa shape index (κ3) is 2.81. The molecule has 1 aromatic heterocycles. The summed E-state index contributed by atoms with van der Waals surface area (Å²) in [5.41, 5.74) is 1.52. The number of nitrogens with one attached hydrogen (secondary N) is 2. The Kier molecular flexibility index (Phi) is 3.54. The first-order chi connectivity index (χ1) is 7.75. The smallest absolute Gasteiger partial charge is 0.127 e. The normalized spacial score (nSPS) is 10.6. The van der Waals surface area contributed by atoms with Gasteiger partial charge in [0.2, 0.25) is 0 Å². The van der Waals surface area contributed by atoms with Crippen LogP contribution < -0.4 is 5.32 Å². The molecule has 0 aliphatic heterocycles. The standard InChI is InChI=1S/C11H11ClFN3/c12-9-1-2-11(13)8(5-9)6-14-7-10-3-4-15-16-10/h1-5,14H,6-7H2,(H,15,16). The number of hydrogen-bond acceptors (Lipinski definition) is 2. The van der Waals surface area contributed by atoms with Crippen LogP contribution in [0.2, 0.25) is 5.02 Å². The molecule has 16 heavy (non-hydrogen) atoms. The molecule has 0 aliphatic rings. The van der Waals surface area contributed by atoms with Gasteiger partial charge in [-0.25, -0.2) is 4.39 Å². The number of aromatic amines is 1. The van der Waals surface area contributed by atoms with Gasteiger partial charge in [-0.1, -0.05) is 11.6 Å². The summed E-state index contributed by atoms with van der Waals surface area (Å²) in [5.74, 6) is -0.249. The maximum Gasteiger partial charge on any atom is 0.127 e. The van der Waals surface area contributed by atoms with Gasteiger partial charge < -0.3 is 5.32 Å². The number of hydrogen-bond donors (Lipinski definition) is 2. The lowest BCUT2D eigenvalue weighted by molar-refractivity contribution is 0.585. The molecule has 1 heterocycles. The van der Waals surface area contributed by atoms with Crippen molar-refractivity contribution in [3.63, 3.8) is 0 Å². The van der Waals surface area contributed by atoms with E-state index >= 15 is 0 Å². The van der Waals surface area contributed by atoms with E-state index < -0.39 is 0 Å². The van der Waals surface area contributed by atoms with Crippen LogP contribution in [0.15, 0.2) is 30.5 Å². The van der Waals surface area contributed by atoms with Gasteiger partial charge in [0.1, 0.15) is 5.82 Å². The van der Waals surface area contributed by atoms with E-state index in [1.807, 2.05) is 6.07 Å². The molecule has 0 spiro atoms. The van der Waals surface area contributed by atoms with Gasteiger partial charge >= 0.3 is 0 Å². The monoisotopic (exact) mass is 239 g/mol. The number of halogens is 2. The third-order valence-corrected chi connectivity index (χ3v) is 2.43. The van der Waals surface area contributed by atoms with Crippen LogP contribution in [0.25, 0.3) is 0 Å². The predicted molar refractivity (Wildman–Crippen MR) is 60.5 cm³/mol. The van der Waals surface area contributed by atoms with Crippen molar-refractivity contribution in [3.05, 3.63) is 52.6 Å². The lowest BCUT2D eigenvalue weighted by Crippen LogP contribution is -2.14. The van der Waals surface area contributed by atoms with E-state index in [1.165, 1.54) is 12.1 Å². The van der Waals surface area contributed by atoms with Gasteiger partial charge in [-0.3, -0.25) is 5.10 Å². The van der Waals surface area contributed by atoms with Crippen molar-refractivity contribution in [2.75, 3.05) is 0 Å². The second-order valence-corrected chi connectivity index (χ2v) is 3.86. The minimum Gasteiger partial charge on any atom is -0.307 e. The Hall–Kier alpha value is -1.39. The van der Waals surface area contributed by atoms with Crippen molar-refractivity contribution in [1.29, 1.82) is 0 Å². The fourth-order valence-electron chi connectivity index (χ4n) is 1.39. The SMILES string of the molecule is Fc1ccc(Cl)cc1CNCc1ccn[nH]1. The zero-order valence-corrected chi connectivity index (χ0v) is 9.26. The highest BCUT2D eigenvalue weighted by Crippen LogP contribution is 2.14. The van der Waals surface area contributed by atoms with Crippen molar-refractivity contribution < 1.29 is 4.39 Å². The van der Waals surface area contributed by atoms with Crippen LogP contribution in [0.4, 0.5) is 4.39 Å². The number of nitrogens with zero attached hydrogens (tertiary/aromatic N) is 1. The highest BCUT2D eigenvalue weighted by molar-refractivity contribution is 6.30. The molecule has 0 unspecified atom stereocenters. The molecule has 2 N–H and O–H groups in total. The molecule has 0 saturated carbocycles. The molecule has 3 nitrogen and oxygen atoms in total. The van der Waals surface area contributed by atoms with Crippen molar-refractivity contribution in [1.82, 2.24) is 15.5 Å². The van der Waals surface area contributed by atoms with Crippen LogP contribution >= 0.6 is 11.6 Å². The lowest BCUT2D eigenvalue weighted by Gasteiger charge is -2.05. The number of benzene rings is 1. The maximum atomic E-state index is 13.3. The molecule has 0 radical (unpaired) electrons. The Balaban J connectivity index is 1.92. The van der Waals surface area contributed by atoms with Gasteiger partial charge in [-0.05, 0) is 24.3 Å². The second-order valence-electron chi connectivity index (χ2n) is 3.42. The first-order valence-corrected chi connectivity index (χ1v) is 5.26. The van der Waals surface area contributed by atoms with Gasteiger partial charge in [0, 0.05) is 35.6 Å². The molecule has 0 fully saturated rings. The van der Waals surface area contributed by atoms with Gasteiger partial charge in [0.25, 0.3) is 0 Å². The number of rotatable bonds is 4. The first kappa shape index (κ1) is 11.1. The fourth-order valence-corrected chi connectivity index (χ4v) is 1.59. The third-order valence-electron chi connectivity index (χ3n) is 2.20. The molecular formula is C11H11ClFN3. The van der Waals surface area contributed by atoms with Crippen LogP contribution in [-0.2, 0) is 13.1 Å². The van der Waals surface area contributed by atoms with E-state index in [0.29, 0.717) is 23.7 Å². The van der Waals surface area contributed by atoms with E-state index in [1.54, 1.807) is 12.3 Å². The Labute approximate surface area is 97.6 Å². The average molecular weight is 240 g/mol. The topological polar surface area (TPSA) is 40.7 Å². The average Bonchev–Trinajstić information content (AvgIpc) is 2.76. The van der Waals surface area contributed by atoms with E-state index in [-0.39, 0.29) is 5.82 Å². The molecule has 0 bridgehead atoms. The number of aromatic nitrogens is 2. The Morgan fingerprint density at radius 2 is 2.19 bits per heavy atom. The minimum absolute atomic E-state index is 0.249. The van der Waals surface area contributed by atoms with Crippen molar-refractivity contribution in [2.24, 2.45) is 0 Å². The van der Waals surface area contributed by atoms with Crippen molar-refractivity contribution in [2.45, 2.75) is 13.1 Å².